The third-order valence-electron chi connectivity index (χ3n) is 2.72. The van der Waals surface area contributed by atoms with Gasteiger partial charge in [0.25, 0.3) is 5.91 Å². The minimum absolute atomic E-state index is 0.114. The largest absolute Gasteiger partial charge is 0.507 e. The first-order valence-corrected chi connectivity index (χ1v) is 6.89. The number of phenolic OH excluding ortho intramolecular Hbond substituents is 1. The molecule has 0 fully saturated rings. The number of aromatic hydroxyl groups is 1. The molecule has 2 amide bonds. The Morgan fingerprint density at radius 1 is 1.25 bits per heavy atom. The number of hydrogen-bond acceptors (Lipinski definition) is 4. The van der Waals surface area contributed by atoms with Gasteiger partial charge in [0.1, 0.15) is 5.75 Å². The van der Waals surface area contributed by atoms with Crippen molar-refractivity contribution in [1.82, 2.24) is 4.90 Å². The van der Waals surface area contributed by atoms with Crippen LogP contribution in [-0.2, 0) is 11.3 Å². The molecule has 0 aliphatic rings. The Bertz CT molecular complexity index is 611. The molecule has 104 valence electrons. The summed E-state index contributed by atoms with van der Waals surface area (Å²) < 4.78 is 0. The van der Waals surface area contributed by atoms with Gasteiger partial charge in [-0.15, -0.1) is 0 Å². The molecule has 2 aromatic rings. The summed E-state index contributed by atoms with van der Waals surface area (Å²) in [5, 5.41) is 13.5. The summed E-state index contributed by atoms with van der Waals surface area (Å²) in [6, 6.07) is 8.10. The zero-order chi connectivity index (χ0) is 14.5. The van der Waals surface area contributed by atoms with Gasteiger partial charge in [0, 0.05) is 6.54 Å². The van der Waals surface area contributed by atoms with Crippen LogP contribution in [0.1, 0.15) is 15.9 Å². The molecule has 20 heavy (non-hydrogen) atoms. The minimum Gasteiger partial charge on any atom is -0.507 e. The second kappa shape index (κ2) is 6.21. The normalized spacial score (nSPS) is 10.2. The Hall–Kier alpha value is -2.34. The number of carbonyl (C=O) groups excluding carboxylic acids is 2. The van der Waals surface area contributed by atoms with Crippen LogP contribution in [0.3, 0.4) is 0 Å². The molecule has 0 atom stereocenters. The number of carbonyl (C=O) groups is 2. The lowest BCUT2D eigenvalue weighted by Gasteiger charge is -2.21. The van der Waals surface area contributed by atoms with Crippen LogP contribution in [0.5, 0.6) is 5.75 Å². The van der Waals surface area contributed by atoms with Crippen molar-refractivity contribution >= 4 is 23.2 Å². The molecule has 6 heteroatoms. The van der Waals surface area contributed by atoms with Gasteiger partial charge in [-0.2, -0.15) is 11.3 Å². The van der Waals surface area contributed by atoms with E-state index in [2.05, 4.69) is 0 Å². The molecule has 2 rings (SSSR count). The lowest BCUT2D eigenvalue weighted by molar-refractivity contribution is -0.118. The zero-order valence-electron chi connectivity index (χ0n) is 10.7. The number of hydrogen-bond donors (Lipinski definition) is 2. The van der Waals surface area contributed by atoms with Crippen LogP contribution < -0.4 is 5.73 Å². The van der Waals surface area contributed by atoms with Gasteiger partial charge in [0.15, 0.2) is 0 Å². The van der Waals surface area contributed by atoms with E-state index in [0.717, 1.165) is 5.56 Å². The number of nitrogens with zero attached hydrogens (tertiary/aromatic N) is 1. The Labute approximate surface area is 120 Å². The highest BCUT2D eigenvalue weighted by atomic mass is 32.1. The first kappa shape index (κ1) is 14.1. The third kappa shape index (κ3) is 3.36. The molecule has 1 heterocycles. The van der Waals surface area contributed by atoms with Crippen molar-refractivity contribution in [1.29, 1.82) is 0 Å². The first-order valence-electron chi connectivity index (χ1n) is 5.94. The van der Waals surface area contributed by atoms with E-state index in [0.29, 0.717) is 0 Å². The molecular weight excluding hydrogens is 276 g/mol. The highest BCUT2D eigenvalue weighted by Crippen LogP contribution is 2.19. The van der Waals surface area contributed by atoms with Crippen LogP contribution in [-0.4, -0.2) is 28.4 Å². The molecule has 5 nitrogen and oxygen atoms in total. The van der Waals surface area contributed by atoms with Gasteiger partial charge in [0.05, 0.1) is 12.1 Å². The van der Waals surface area contributed by atoms with Gasteiger partial charge >= 0.3 is 0 Å². The molecule has 1 aromatic carbocycles. The predicted molar refractivity (Wildman–Crippen MR) is 76.4 cm³/mol. The van der Waals surface area contributed by atoms with Crippen molar-refractivity contribution in [2.24, 2.45) is 5.73 Å². The molecule has 1 aromatic heterocycles. The molecule has 0 bridgehead atoms. The number of rotatable bonds is 5. The van der Waals surface area contributed by atoms with E-state index < -0.39 is 11.8 Å². The maximum atomic E-state index is 12.4. The first-order chi connectivity index (χ1) is 9.58. The van der Waals surface area contributed by atoms with Crippen molar-refractivity contribution in [3.05, 3.63) is 52.2 Å². The second-order valence-corrected chi connectivity index (χ2v) is 5.06. The van der Waals surface area contributed by atoms with Crippen molar-refractivity contribution < 1.29 is 14.7 Å². The number of benzene rings is 1. The van der Waals surface area contributed by atoms with E-state index in [-0.39, 0.29) is 24.4 Å². The van der Waals surface area contributed by atoms with Gasteiger partial charge in [-0.25, -0.2) is 0 Å². The van der Waals surface area contributed by atoms with Crippen LogP contribution in [0.2, 0.25) is 0 Å². The Morgan fingerprint density at radius 2 is 2.00 bits per heavy atom. The van der Waals surface area contributed by atoms with E-state index >= 15 is 0 Å². The molecule has 0 radical (unpaired) electrons. The quantitative estimate of drug-likeness (QED) is 0.877. The average molecular weight is 290 g/mol. The van der Waals surface area contributed by atoms with Gasteiger partial charge in [0.2, 0.25) is 5.91 Å². The predicted octanol–water partition coefficient (Wildman–Crippen LogP) is 1.58. The lowest BCUT2D eigenvalue weighted by Crippen LogP contribution is -2.37. The number of para-hydroxylation sites is 1. The van der Waals surface area contributed by atoms with E-state index in [4.69, 9.17) is 5.73 Å². The van der Waals surface area contributed by atoms with Crippen LogP contribution in [0.15, 0.2) is 41.1 Å². The summed E-state index contributed by atoms with van der Waals surface area (Å²) in [5.74, 6) is -1.13. The van der Waals surface area contributed by atoms with E-state index in [1.165, 1.54) is 28.4 Å². The zero-order valence-corrected chi connectivity index (χ0v) is 11.5. The van der Waals surface area contributed by atoms with Crippen LogP contribution in [0.4, 0.5) is 0 Å². The summed E-state index contributed by atoms with van der Waals surface area (Å²) in [5.41, 5.74) is 6.26. The number of nitrogens with two attached hydrogens (primary N) is 1. The number of thiophene rings is 1. The lowest BCUT2D eigenvalue weighted by atomic mass is 10.1. The Balaban J connectivity index is 2.24. The van der Waals surface area contributed by atoms with Gasteiger partial charge < -0.3 is 15.7 Å². The minimum atomic E-state index is -0.594. The molecule has 0 spiro atoms. The van der Waals surface area contributed by atoms with Gasteiger partial charge in [-0.3, -0.25) is 9.59 Å². The summed E-state index contributed by atoms with van der Waals surface area (Å²) >= 11 is 1.51. The fourth-order valence-electron chi connectivity index (χ4n) is 1.82. The monoisotopic (exact) mass is 290 g/mol. The fourth-order valence-corrected chi connectivity index (χ4v) is 2.48. The highest BCUT2D eigenvalue weighted by molar-refractivity contribution is 7.07. The van der Waals surface area contributed by atoms with Crippen molar-refractivity contribution in [3.63, 3.8) is 0 Å². The van der Waals surface area contributed by atoms with Crippen molar-refractivity contribution in [2.75, 3.05) is 6.54 Å². The number of amides is 2. The summed E-state index contributed by atoms with van der Waals surface area (Å²) in [6.45, 7) is 0.0859. The molecule has 0 unspecified atom stereocenters. The Kier molecular flexibility index (Phi) is 4.37. The topological polar surface area (TPSA) is 83.6 Å². The van der Waals surface area contributed by atoms with Crippen LogP contribution in [0.25, 0.3) is 0 Å². The fraction of sp³-hybridized carbons (Fsp3) is 0.143. The molecule has 0 saturated carbocycles. The third-order valence-corrected chi connectivity index (χ3v) is 3.45. The molecule has 0 aliphatic carbocycles. The summed E-state index contributed by atoms with van der Waals surface area (Å²) in [4.78, 5) is 24.8. The standard InChI is InChI=1S/C14H14N2O3S/c15-13(18)8-16(7-10-5-6-20-9-10)14(19)11-3-1-2-4-12(11)17/h1-6,9,17H,7-8H2,(H2,15,18). The van der Waals surface area contributed by atoms with E-state index in [1.807, 2.05) is 16.8 Å². The number of phenols is 1. The van der Waals surface area contributed by atoms with Gasteiger partial charge in [-0.05, 0) is 34.5 Å². The summed E-state index contributed by atoms with van der Waals surface area (Å²) in [7, 11) is 0. The average Bonchev–Trinajstić information content (AvgIpc) is 2.90. The summed E-state index contributed by atoms with van der Waals surface area (Å²) in [6.07, 6.45) is 0. The highest BCUT2D eigenvalue weighted by Gasteiger charge is 2.20. The maximum Gasteiger partial charge on any atom is 0.258 e. The SMILES string of the molecule is NC(=O)CN(Cc1ccsc1)C(=O)c1ccccc1O. The van der Waals surface area contributed by atoms with Crippen molar-refractivity contribution in [2.45, 2.75) is 6.54 Å². The molecule has 3 N–H and O–H groups in total. The number of primary amides is 1. The second-order valence-electron chi connectivity index (χ2n) is 4.28. The van der Waals surface area contributed by atoms with Crippen molar-refractivity contribution in [3.8, 4) is 5.75 Å². The van der Waals surface area contributed by atoms with Crippen LogP contribution in [0, 0.1) is 0 Å². The Morgan fingerprint density at radius 3 is 2.60 bits per heavy atom. The maximum absolute atomic E-state index is 12.4. The molecule has 0 aliphatic heterocycles. The molecular formula is C14H14N2O3S. The van der Waals surface area contributed by atoms with Crippen LogP contribution >= 0.6 is 11.3 Å². The smallest absolute Gasteiger partial charge is 0.258 e. The van der Waals surface area contributed by atoms with E-state index in [9.17, 15) is 14.7 Å². The molecule has 0 saturated heterocycles. The van der Waals surface area contributed by atoms with Gasteiger partial charge in [-0.1, -0.05) is 12.1 Å². The van der Waals surface area contributed by atoms with E-state index in [1.54, 1.807) is 12.1 Å².